The fourth-order valence-corrected chi connectivity index (χ4v) is 4.22. The van der Waals surface area contributed by atoms with Crippen molar-refractivity contribution in [1.82, 2.24) is 0 Å². The first-order valence-electron chi connectivity index (χ1n) is 5.91. The molecule has 122 valence electrons. The molecule has 1 amide bonds. The predicted octanol–water partition coefficient (Wildman–Crippen LogP) is 3.58. The summed E-state index contributed by atoms with van der Waals surface area (Å²) in [6.45, 7) is 0. The topological polar surface area (TPSA) is 109 Å². The van der Waals surface area contributed by atoms with Gasteiger partial charge in [0.25, 0.3) is 5.91 Å². The molecule has 6 nitrogen and oxygen atoms in total. The molecule has 0 heterocycles. The lowest BCUT2D eigenvalue weighted by Gasteiger charge is -2.12. The second-order valence-electron chi connectivity index (χ2n) is 4.42. The lowest BCUT2D eigenvalue weighted by atomic mass is 10.2. The van der Waals surface area contributed by atoms with Crippen molar-refractivity contribution >= 4 is 69.4 Å². The van der Waals surface area contributed by atoms with E-state index in [1.54, 1.807) is 12.1 Å². The van der Waals surface area contributed by atoms with Crippen LogP contribution in [0.15, 0.2) is 48.6 Å². The molecular weight excluding hydrogens is 520 g/mol. The highest BCUT2D eigenvalue weighted by atomic mass is 79.9. The summed E-state index contributed by atoms with van der Waals surface area (Å²) in [5.74, 6) is -0.948. The lowest BCUT2D eigenvalue weighted by Crippen LogP contribution is -2.18. The Kier molecular flexibility index (Phi) is 5.52. The van der Waals surface area contributed by atoms with Gasteiger partial charge in [-0.3, -0.25) is 4.79 Å². The third-order valence-electron chi connectivity index (χ3n) is 2.77. The van der Waals surface area contributed by atoms with Gasteiger partial charge in [-0.05, 0) is 46.3 Å². The number of phenols is 1. The highest BCUT2D eigenvalue weighted by Crippen LogP contribution is 2.33. The van der Waals surface area contributed by atoms with E-state index in [2.05, 4.69) is 53.1 Å². The van der Waals surface area contributed by atoms with Crippen molar-refractivity contribution in [1.29, 1.82) is 0 Å². The minimum atomic E-state index is -4.04. The fourth-order valence-electron chi connectivity index (χ4n) is 1.76. The molecule has 0 saturated carbocycles. The van der Waals surface area contributed by atoms with Crippen LogP contribution in [-0.4, -0.2) is 19.4 Å². The fraction of sp³-hybridized carbons (Fsp3) is 0. The zero-order chi connectivity index (χ0) is 17.4. The van der Waals surface area contributed by atoms with Crippen LogP contribution in [0.4, 0.5) is 5.69 Å². The zero-order valence-corrected chi connectivity index (χ0v) is 16.8. The van der Waals surface area contributed by atoms with E-state index in [1.165, 1.54) is 18.2 Å². The van der Waals surface area contributed by atoms with Gasteiger partial charge in [0.05, 0.1) is 15.7 Å². The molecule has 10 heteroatoms. The van der Waals surface area contributed by atoms with E-state index in [-0.39, 0.29) is 21.9 Å². The lowest BCUT2D eigenvalue weighted by molar-refractivity contribution is 0.102. The number of nitrogens with one attached hydrogen (secondary N) is 1. The van der Waals surface area contributed by atoms with Crippen LogP contribution >= 0.6 is 47.8 Å². The maximum Gasteiger partial charge on any atom is 0.259 e. The number of primary sulfonamides is 1. The number of sulfonamides is 1. The van der Waals surface area contributed by atoms with Crippen molar-refractivity contribution in [2.75, 3.05) is 5.32 Å². The molecule has 23 heavy (non-hydrogen) atoms. The quantitative estimate of drug-likeness (QED) is 0.565. The Balaban J connectivity index is 2.47. The number of halogens is 3. The molecule has 4 N–H and O–H groups in total. The molecule has 2 aromatic rings. The van der Waals surface area contributed by atoms with Gasteiger partial charge in [-0.2, -0.15) is 0 Å². The largest absolute Gasteiger partial charge is 0.506 e. The molecule has 0 saturated heterocycles. The van der Waals surface area contributed by atoms with E-state index in [4.69, 9.17) is 5.14 Å². The Morgan fingerprint density at radius 2 is 1.74 bits per heavy atom. The summed E-state index contributed by atoms with van der Waals surface area (Å²) in [6.07, 6.45) is 0. The van der Waals surface area contributed by atoms with Crippen LogP contribution < -0.4 is 10.5 Å². The summed E-state index contributed by atoms with van der Waals surface area (Å²) in [7, 11) is -4.04. The Morgan fingerprint density at radius 3 is 2.35 bits per heavy atom. The van der Waals surface area contributed by atoms with Gasteiger partial charge in [0.15, 0.2) is 0 Å². The van der Waals surface area contributed by atoms with Gasteiger partial charge in [0, 0.05) is 8.95 Å². The van der Waals surface area contributed by atoms with Gasteiger partial charge < -0.3 is 10.4 Å². The zero-order valence-electron chi connectivity index (χ0n) is 11.2. The van der Waals surface area contributed by atoms with Crippen molar-refractivity contribution in [2.45, 2.75) is 4.90 Å². The second kappa shape index (κ2) is 6.89. The summed E-state index contributed by atoms with van der Waals surface area (Å²) >= 11 is 9.48. The number of carbonyl (C=O) groups excluding carboxylic acids is 1. The summed E-state index contributed by atoms with van der Waals surface area (Å²) in [5, 5.41) is 17.6. The molecular formula is C13H9Br3N2O4S. The number of phenolic OH excluding ortho intramolecular Hbond substituents is 1. The van der Waals surface area contributed by atoms with Crippen molar-refractivity contribution in [2.24, 2.45) is 5.14 Å². The van der Waals surface area contributed by atoms with E-state index in [9.17, 15) is 18.3 Å². The third kappa shape index (κ3) is 4.32. The van der Waals surface area contributed by atoms with Gasteiger partial charge >= 0.3 is 0 Å². The Morgan fingerprint density at radius 1 is 1.09 bits per heavy atom. The van der Waals surface area contributed by atoms with Gasteiger partial charge in [0.1, 0.15) is 10.6 Å². The van der Waals surface area contributed by atoms with E-state index < -0.39 is 15.9 Å². The van der Waals surface area contributed by atoms with Crippen LogP contribution in [0, 0.1) is 0 Å². The number of hydrogen-bond acceptors (Lipinski definition) is 4. The van der Waals surface area contributed by atoms with Crippen molar-refractivity contribution in [3.8, 4) is 5.75 Å². The van der Waals surface area contributed by atoms with Crippen molar-refractivity contribution in [3.05, 3.63) is 49.3 Å². The van der Waals surface area contributed by atoms with E-state index in [0.29, 0.717) is 13.4 Å². The molecule has 0 spiro atoms. The van der Waals surface area contributed by atoms with E-state index in [0.717, 1.165) is 0 Å². The molecule has 0 fully saturated rings. The number of hydrogen-bond donors (Lipinski definition) is 3. The number of benzene rings is 2. The molecule has 0 radical (unpaired) electrons. The molecule has 2 rings (SSSR count). The van der Waals surface area contributed by atoms with Gasteiger partial charge in [-0.15, -0.1) is 0 Å². The van der Waals surface area contributed by atoms with Crippen LogP contribution in [0.25, 0.3) is 0 Å². The molecule has 0 aromatic heterocycles. The first kappa shape index (κ1) is 18.4. The number of nitrogens with two attached hydrogens (primary N) is 1. The maximum atomic E-state index is 12.3. The molecule has 2 aromatic carbocycles. The third-order valence-corrected chi connectivity index (χ3v) is 5.28. The van der Waals surface area contributed by atoms with Gasteiger partial charge in [-0.25, -0.2) is 13.6 Å². The molecule has 0 aliphatic heterocycles. The molecule has 0 bridgehead atoms. The summed E-state index contributed by atoms with van der Waals surface area (Å²) in [4.78, 5) is 12.1. The highest BCUT2D eigenvalue weighted by Gasteiger charge is 2.20. The number of aromatic hydroxyl groups is 1. The number of rotatable bonds is 3. The minimum absolute atomic E-state index is 0.0104. The number of anilines is 1. The van der Waals surface area contributed by atoms with Gasteiger partial charge in [0.2, 0.25) is 10.0 Å². The molecule has 0 aliphatic carbocycles. The second-order valence-corrected chi connectivity index (χ2v) is 8.64. The summed E-state index contributed by atoms with van der Waals surface area (Å²) in [5.41, 5.74) is -0.0225. The van der Waals surface area contributed by atoms with Crippen LogP contribution in [0.3, 0.4) is 0 Å². The minimum Gasteiger partial charge on any atom is -0.506 e. The maximum absolute atomic E-state index is 12.3. The van der Waals surface area contributed by atoms with Crippen LogP contribution in [0.1, 0.15) is 10.4 Å². The first-order valence-corrected chi connectivity index (χ1v) is 9.84. The van der Waals surface area contributed by atoms with Gasteiger partial charge in [-0.1, -0.05) is 31.9 Å². The smallest absolute Gasteiger partial charge is 0.259 e. The number of amides is 1. The monoisotopic (exact) mass is 526 g/mol. The molecule has 0 atom stereocenters. The Labute approximate surface area is 157 Å². The predicted molar refractivity (Wildman–Crippen MR) is 97.0 cm³/mol. The van der Waals surface area contributed by atoms with Crippen LogP contribution in [0.2, 0.25) is 0 Å². The first-order chi connectivity index (χ1) is 10.6. The van der Waals surface area contributed by atoms with E-state index >= 15 is 0 Å². The SMILES string of the molecule is NS(=O)(=O)c1cc(Br)ccc1NC(=O)c1cc(Br)cc(Br)c1O. The standard InChI is InChI=1S/C13H9Br3N2O4S/c14-6-1-2-10(11(5-6)23(17,21)22)18-13(20)8-3-7(15)4-9(16)12(8)19/h1-5,19H,(H,18,20)(H2,17,21,22). The van der Waals surface area contributed by atoms with Crippen LogP contribution in [-0.2, 0) is 10.0 Å². The summed E-state index contributed by atoms with van der Waals surface area (Å²) in [6, 6.07) is 7.21. The normalized spacial score (nSPS) is 11.3. The molecule has 0 unspecified atom stereocenters. The van der Waals surface area contributed by atoms with E-state index in [1.807, 2.05) is 0 Å². The number of carbonyl (C=O) groups is 1. The van der Waals surface area contributed by atoms with Crippen LogP contribution in [0.5, 0.6) is 5.75 Å². The Hall–Kier alpha value is -0.940. The van der Waals surface area contributed by atoms with Crippen molar-refractivity contribution in [3.63, 3.8) is 0 Å². The Bertz CT molecular complexity index is 900. The highest BCUT2D eigenvalue weighted by molar-refractivity contribution is 9.11. The average Bonchev–Trinajstić information content (AvgIpc) is 2.43. The molecule has 0 aliphatic rings. The average molecular weight is 529 g/mol. The van der Waals surface area contributed by atoms with Crippen molar-refractivity contribution < 1.29 is 18.3 Å². The summed E-state index contributed by atoms with van der Waals surface area (Å²) < 4.78 is 24.7.